The molecule has 1 aromatic carbocycles. The van der Waals surface area contributed by atoms with E-state index in [0.717, 1.165) is 6.20 Å². The Morgan fingerprint density at radius 3 is 2.67 bits per heavy atom. The van der Waals surface area contributed by atoms with Crippen LogP contribution in [0.25, 0.3) is 0 Å². The zero-order chi connectivity index (χ0) is 24.0. The lowest BCUT2D eigenvalue weighted by atomic mass is 10.1. The summed E-state index contributed by atoms with van der Waals surface area (Å²) in [6.45, 7) is 0.427. The van der Waals surface area contributed by atoms with Crippen molar-refractivity contribution < 1.29 is 32.3 Å². The molecule has 33 heavy (non-hydrogen) atoms. The summed E-state index contributed by atoms with van der Waals surface area (Å²) in [6, 6.07) is 5.59. The van der Waals surface area contributed by atoms with Gasteiger partial charge in [-0.3, -0.25) is 10.1 Å². The molecule has 1 fully saturated rings. The highest BCUT2D eigenvalue weighted by molar-refractivity contribution is 7.89. The third kappa shape index (κ3) is 6.54. The Morgan fingerprint density at radius 2 is 2.09 bits per heavy atom. The number of carbonyl (C=O) groups excluding carboxylic acids is 1. The van der Waals surface area contributed by atoms with E-state index in [2.05, 4.69) is 15.5 Å². The minimum absolute atomic E-state index is 0.0337. The predicted molar refractivity (Wildman–Crippen MR) is 120 cm³/mol. The number of sulfonamides is 1. The summed E-state index contributed by atoms with van der Waals surface area (Å²) in [6.07, 6.45) is 1.69. The summed E-state index contributed by atoms with van der Waals surface area (Å²) in [7, 11) is -0.822. The quantitative estimate of drug-likeness (QED) is 0.376. The van der Waals surface area contributed by atoms with Crippen molar-refractivity contribution in [3.8, 4) is 0 Å². The molecular formula is C20H25FN4O6S2. The normalized spacial score (nSPS) is 19.1. The number of aromatic nitrogens is 1. The number of aliphatic hydroxyl groups is 1. The van der Waals surface area contributed by atoms with Crippen LogP contribution in [0.4, 0.5) is 9.52 Å². The first-order valence-corrected chi connectivity index (χ1v) is 12.4. The molecule has 180 valence electrons. The number of rotatable bonds is 10. The molecular weight excluding hydrogens is 475 g/mol. The van der Waals surface area contributed by atoms with E-state index in [0.29, 0.717) is 36.2 Å². The van der Waals surface area contributed by atoms with Crippen molar-refractivity contribution in [2.75, 3.05) is 32.6 Å². The molecule has 2 atom stereocenters. The first-order chi connectivity index (χ1) is 15.7. The van der Waals surface area contributed by atoms with Crippen LogP contribution >= 0.6 is 11.3 Å². The van der Waals surface area contributed by atoms with E-state index in [1.54, 1.807) is 0 Å². The molecule has 2 aromatic rings. The standard InChI is InChI=1S/C20H25FN4O6S2/c1-25(9-10-30-2)33(28,29)16-7-3-13(4-8-16)18(24-31-15-6-5-14(26)11-15)19(27)23-20-22-12-17(21)32-20/h3-4,7-8,12,14-15,26H,5-6,9-11H2,1-2H3,(H,22,23,27)/b24-18+/t14-,15-/m1/s1. The number of aliphatic hydroxyl groups excluding tert-OH is 1. The van der Waals surface area contributed by atoms with Crippen LogP contribution in [-0.4, -0.2) is 73.9 Å². The van der Waals surface area contributed by atoms with Gasteiger partial charge in [0.05, 0.1) is 23.8 Å². The maximum Gasteiger partial charge on any atom is 0.280 e. The molecule has 0 saturated heterocycles. The average Bonchev–Trinajstić information content (AvgIpc) is 3.39. The van der Waals surface area contributed by atoms with E-state index in [1.165, 1.54) is 42.7 Å². The summed E-state index contributed by atoms with van der Waals surface area (Å²) in [5.41, 5.74) is 0.158. The van der Waals surface area contributed by atoms with Crippen LogP contribution in [0.15, 0.2) is 40.5 Å². The molecule has 1 saturated carbocycles. The van der Waals surface area contributed by atoms with Crippen molar-refractivity contribution in [1.29, 1.82) is 0 Å². The monoisotopic (exact) mass is 500 g/mol. The summed E-state index contributed by atoms with van der Waals surface area (Å²) >= 11 is 0.654. The number of amides is 1. The van der Waals surface area contributed by atoms with Gasteiger partial charge in [-0.15, -0.1) is 0 Å². The van der Waals surface area contributed by atoms with E-state index in [4.69, 9.17) is 9.57 Å². The number of benzene rings is 1. The van der Waals surface area contributed by atoms with Crippen molar-refractivity contribution >= 4 is 38.1 Å². The number of nitrogens with one attached hydrogen (secondary N) is 1. The first-order valence-electron chi connectivity index (χ1n) is 10.1. The van der Waals surface area contributed by atoms with Gasteiger partial charge in [0.2, 0.25) is 10.0 Å². The number of halogens is 1. The number of nitrogens with zero attached hydrogens (tertiary/aromatic N) is 3. The number of thiazole rings is 1. The van der Waals surface area contributed by atoms with Crippen molar-refractivity contribution in [3.63, 3.8) is 0 Å². The van der Waals surface area contributed by atoms with Gasteiger partial charge in [0.1, 0.15) is 6.10 Å². The maximum atomic E-state index is 13.2. The lowest BCUT2D eigenvalue weighted by Crippen LogP contribution is -2.30. The Kier molecular flexibility index (Phi) is 8.48. The van der Waals surface area contributed by atoms with Crippen LogP contribution in [0.2, 0.25) is 0 Å². The van der Waals surface area contributed by atoms with E-state index in [-0.39, 0.29) is 35.0 Å². The van der Waals surface area contributed by atoms with Gasteiger partial charge in [-0.2, -0.15) is 8.70 Å². The first kappa shape index (κ1) is 25.2. The van der Waals surface area contributed by atoms with E-state index >= 15 is 0 Å². The second kappa shape index (κ2) is 11.1. The van der Waals surface area contributed by atoms with Gasteiger partial charge in [-0.05, 0) is 25.0 Å². The molecule has 0 spiro atoms. The average molecular weight is 501 g/mol. The second-order valence-corrected chi connectivity index (χ2v) is 10.4. The molecule has 3 rings (SSSR count). The fourth-order valence-electron chi connectivity index (χ4n) is 3.14. The molecule has 0 unspecified atom stereocenters. The van der Waals surface area contributed by atoms with Crippen molar-refractivity contribution in [1.82, 2.24) is 9.29 Å². The largest absolute Gasteiger partial charge is 0.393 e. The molecule has 13 heteroatoms. The van der Waals surface area contributed by atoms with E-state index < -0.39 is 27.2 Å². The third-order valence-corrected chi connectivity index (χ3v) is 7.58. The topological polar surface area (TPSA) is 130 Å². The van der Waals surface area contributed by atoms with Crippen LogP contribution in [0, 0.1) is 5.13 Å². The number of anilines is 1. The Bertz CT molecular complexity index is 1090. The second-order valence-electron chi connectivity index (χ2n) is 7.40. The van der Waals surface area contributed by atoms with Crippen molar-refractivity contribution in [2.24, 2.45) is 5.16 Å². The van der Waals surface area contributed by atoms with E-state index in [1.807, 2.05) is 0 Å². The molecule has 0 radical (unpaired) electrons. The summed E-state index contributed by atoms with van der Waals surface area (Å²) in [5, 5.41) is 15.6. The van der Waals surface area contributed by atoms with Gasteiger partial charge in [-0.25, -0.2) is 13.4 Å². The highest BCUT2D eigenvalue weighted by atomic mass is 32.2. The Labute approximate surface area is 195 Å². The molecule has 0 aliphatic heterocycles. The number of oxime groups is 1. The number of hydrogen-bond acceptors (Lipinski definition) is 9. The number of methoxy groups -OCH3 is 1. The summed E-state index contributed by atoms with van der Waals surface area (Å²) < 4.78 is 44.7. The fourth-order valence-corrected chi connectivity index (χ4v) is 4.83. The number of hydrogen-bond donors (Lipinski definition) is 2. The predicted octanol–water partition coefficient (Wildman–Crippen LogP) is 1.82. The highest BCUT2D eigenvalue weighted by Gasteiger charge is 2.26. The molecule has 1 aliphatic carbocycles. The van der Waals surface area contributed by atoms with E-state index in [9.17, 15) is 22.7 Å². The van der Waals surface area contributed by atoms with Crippen LogP contribution in [-0.2, 0) is 24.4 Å². The Morgan fingerprint density at radius 1 is 1.36 bits per heavy atom. The number of carbonyl (C=O) groups is 1. The van der Waals surface area contributed by atoms with Gasteiger partial charge in [-0.1, -0.05) is 28.6 Å². The Balaban J connectivity index is 1.83. The van der Waals surface area contributed by atoms with Gasteiger partial charge >= 0.3 is 0 Å². The van der Waals surface area contributed by atoms with Gasteiger partial charge in [0.25, 0.3) is 5.91 Å². The molecule has 1 heterocycles. The van der Waals surface area contributed by atoms with Gasteiger partial charge < -0.3 is 14.7 Å². The number of likely N-dealkylation sites (N-methyl/N-ethyl adjacent to an activating group) is 1. The molecule has 1 aromatic heterocycles. The SMILES string of the molecule is COCCN(C)S(=O)(=O)c1ccc(/C(=N\O[C@@H]2CC[C@@H](O)C2)C(=O)Nc2ncc(F)s2)cc1. The van der Waals surface area contributed by atoms with Gasteiger partial charge in [0, 0.05) is 32.7 Å². The summed E-state index contributed by atoms with van der Waals surface area (Å²) in [4.78, 5) is 22.1. The van der Waals surface area contributed by atoms with Gasteiger partial charge in [0.15, 0.2) is 16.0 Å². The molecule has 1 aliphatic rings. The molecule has 1 amide bonds. The number of ether oxygens (including phenoxy) is 1. The zero-order valence-corrected chi connectivity index (χ0v) is 19.7. The molecule has 0 bridgehead atoms. The van der Waals surface area contributed by atoms with Crippen molar-refractivity contribution in [2.45, 2.75) is 36.4 Å². The van der Waals surface area contributed by atoms with Crippen LogP contribution in [0.1, 0.15) is 24.8 Å². The van der Waals surface area contributed by atoms with Crippen LogP contribution < -0.4 is 5.32 Å². The fraction of sp³-hybridized carbons (Fsp3) is 0.450. The zero-order valence-electron chi connectivity index (χ0n) is 18.1. The highest BCUT2D eigenvalue weighted by Crippen LogP contribution is 2.23. The lowest BCUT2D eigenvalue weighted by Gasteiger charge is -2.17. The lowest BCUT2D eigenvalue weighted by molar-refractivity contribution is -0.110. The third-order valence-electron chi connectivity index (χ3n) is 5.01. The van der Waals surface area contributed by atoms with Crippen molar-refractivity contribution in [3.05, 3.63) is 41.2 Å². The van der Waals surface area contributed by atoms with Crippen LogP contribution in [0.5, 0.6) is 0 Å². The minimum Gasteiger partial charge on any atom is -0.393 e. The smallest absolute Gasteiger partial charge is 0.280 e. The Hall–Kier alpha value is -2.45. The van der Waals surface area contributed by atoms with Crippen LogP contribution in [0.3, 0.4) is 0 Å². The molecule has 10 nitrogen and oxygen atoms in total. The minimum atomic E-state index is -3.75. The molecule has 2 N–H and O–H groups in total. The summed E-state index contributed by atoms with van der Waals surface area (Å²) in [5.74, 6) is -0.698. The maximum absolute atomic E-state index is 13.2.